The third kappa shape index (κ3) is 3.49. The second-order valence-corrected chi connectivity index (χ2v) is 5.06. The Bertz CT molecular complexity index is 500. The van der Waals surface area contributed by atoms with Gasteiger partial charge in [-0.2, -0.15) is 0 Å². The fourth-order valence-corrected chi connectivity index (χ4v) is 2.41. The Hall–Kier alpha value is -1.59. The molecule has 20 heavy (non-hydrogen) atoms. The number of carboxylic acids is 1. The zero-order valence-corrected chi connectivity index (χ0v) is 11.6. The highest BCUT2D eigenvalue weighted by molar-refractivity contribution is 6.31. The summed E-state index contributed by atoms with van der Waals surface area (Å²) < 4.78 is 5.35. The molecule has 0 saturated carbocycles. The molecular formula is C14H16ClNO4. The van der Waals surface area contributed by atoms with Crippen molar-refractivity contribution in [2.75, 3.05) is 6.61 Å². The largest absolute Gasteiger partial charge is 0.479 e. The van der Waals surface area contributed by atoms with E-state index >= 15 is 0 Å². The van der Waals surface area contributed by atoms with Gasteiger partial charge in [-0.05, 0) is 25.3 Å². The second-order valence-electron chi connectivity index (χ2n) is 4.66. The minimum absolute atomic E-state index is 0.310. The smallest absolute Gasteiger partial charge is 0.330 e. The number of hydrogen-bond donors (Lipinski definition) is 2. The SMILES string of the molecule is O=C(N[C@@H](C(=O)O)c1ccccc1Cl)C1CCCCO1. The number of carbonyl (C=O) groups excluding carboxylic acids is 1. The number of carbonyl (C=O) groups is 2. The number of amides is 1. The van der Waals surface area contributed by atoms with Gasteiger partial charge in [0.25, 0.3) is 0 Å². The number of carboxylic acid groups (broad SMARTS) is 1. The van der Waals surface area contributed by atoms with E-state index in [-0.39, 0.29) is 0 Å². The molecule has 1 heterocycles. The van der Waals surface area contributed by atoms with Crippen LogP contribution in [0.1, 0.15) is 30.9 Å². The molecule has 1 aromatic carbocycles. The van der Waals surface area contributed by atoms with Crippen LogP contribution in [0.3, 0.4) is 0 Å². The molecule has 5 nitrogen and oxygen atoms in total. The molecule has 1 saturated heterocycles. The maximum absolute atomic E-state index is 12.1. The van der Waals surface area contributed by atoms with Crippen molar-refractivity contribution in [3.63, 3.8) is 0 Å². The summed E-state index contributed by atoms with van der Waals surface area (Å²) in [5.41, 5.74) is 0.367. The number of halogens is 1. The van der Waals surface area contributed by atoms with Gasteiger partial charge in [-0.25, -0.2) is 4.79 Å². The van der Waals surface area contributed by atoms with E-state index in [0.29, 0.717) is 23.6 Å². The van der Waals surface area contributed by atoms with Crippen molar-refractivity contribution in [2.24, 2.45) is 0 Å². The van der Waals surface area contributed by atoms with Crippen LogP contribution < -0.4 is 5.32 Å². The lowest BCUT2D eigenvalue weighted by atomic mass is 10.0. The first-order chi connectivity index (χ1) is 9.59. The zero-order chi connectivity index (χ0) is 14.5. The molecule has 2 rings (SSSR count). The molecule has 0 radical (unpaired) electrons. The number of benzene rings is 1. The Balaban J connectivity index is 2.12. The molecule has 1 aromatic rings. The minimum Gasteiger partial charge on any atom is -0.479 e. The van der Waals surface area contributed by atoms with E-state index in [1.165, 1.54) is 0 Å². The molecule has 1 fully saturated rings. The van der Waals surface area contributed by atoms with Crippen LogP contribution in [0.2, 0.25) is 5.02 Å². The normalized spacial score (nSPS) is 20.1. The number of hydrogen-bond acceptors (Lipinski definition) is 3. The molecule has 2 N–H and O–H groups in total. The van der Waals surface area contributed by atoms with Gasteiger partial charge >= 0.3 is 5.97 Å². The maximum atomic E-state index is 12.1. The van der Waals surface area contributed by atoms with Crippen molar-refractivity contribution in [2.45, 2.75) is 31.4 Å². The van der Waals surface area contributed by atoms with E-state index in [2.05, 4.69) is 5.32 Å². The lowest BCUT2D eigenvalue weighted by molar-refractivity contribution is -0.145. The van der Waals surface area contributed by atoms with Crippen LogP contribution in [0.5, 0.6) is 0 Å². The Morgan fingerprint density at radius 3 is 2.70 bits per heavy atom. The van der Waals surface area contributed by atoms with Gasteiger partial charge < -0.3 is 15.2 Å². The van der Waals surface area contributed by atoms with Crippen molar-refractivity contribution >= 4 is 23.5 Å². The summed E-state index contributed by atoms with van der Waals surface area (Å²) in [6.45, 7) is 0.530. The van der Waals surface area contributed by atoms with Crippen LogP contribution in [0.25, 0.3) is 0 Å². The first kappa shape index (κ1) is 14.8. The Morgan fingerprint density at radius 2 is 2.10 bits per heavy atom. The fourth-order valence-electron chi connectivity index (χ4n) is 2.16. The predicted octanol–water partition coefficient (Wildman–Crippen LogP) is 2.15. The highest BCUT2D eigenvalue weighted by Crippen LogP contribution is 2.23. The minimum atomic E-state index is -1.17. The van der Waals surface area contributed by atoms with Crippen LogP contribution in [0, 0.1) is 0 Å². The number of rotatable bonds is 4. The maximum Gasteiger partial charge on any atom is 0.330 e. The van der Waals surface area contributed by atoms with Gasteiger partial charge in [0.05, 0.1) is 0 Å². The number of ether oxygens (including phenoxy) is 1. The summed E-state index contributed by atoms with van der Waals surface area (Å²) >= 11 is 5.99. The van der Waals surface area contributed by atoms with E-state index in [9.17, 15) is 14.7 Å². The predicted molar refractivity (Wildman–Crippen MR) is 73.6 cm³/mol. The molecule has 0 aromatic heterocycles. The summed E-state index contributed by atoms with van der Waals surface area (Å²) in [7, 11) is 0. The molecule has 1 aliphatic rings. The monoisotopic (exact) mass is 297 g/mol. The van der Waals surface area contributed by atoms with Gasteiger partial charge in [0, 0.05) is 17.2 Å². The molecule has 1 aliphatic heterocycles. The van der Waals surface area contributed by atoms with Gasteiger partial charge in [0.15, 0.2) is 6.04 Å². The average Bonchev–Trinajstić information content (AvgIpc) is 2.46. The molecule has 0 spiro atoms. The third-order valence-corrected chi connectivity index (χ3v) is 3.57. The summed E-state index contributed by atoms with van der Waals surface area (Å²) in [6.07, 6.45) is 1.87. The molecule has 0 bridgehead atoms. The van der Waals surface area contributed by atoms with E-state index in [0.717, 1.165) is 12.8 Å². The van der Waals surface area contributed by atoms with Gasteiger partial charge in [-0.3, -0.25) is 4.79 Å². The molecule has 2 atom stereocenters. The standard InChI is InChI=1S/C14H16ClNO4/c15-10-6-2-1-5-9(10)12(14(18)19)16-13(17)11-7-3-4-8-20-11/h1-2,5-6,11-12H,3-4,7-8H2,(H,16,17)(H,18,19)/t11?,12-/m1/s1. The highest BCUT2D eigenvalue weighted by atomic mass is 35.5. The average molecular weight is 298 g/mol. The van der Waals surface area contributed by atoms with E-state index in [4.69, 9.17) is 16.3 Å². The van der Waals surface area contributed by atoms with Gasteiger partial charge in [-0.15, -0.1) is 0 Å². The fraction of sp³-hybridized carbons (Fsp3) is 0.429. The highest BCUT2D eigenvalue weighted by Gasteiger charge is 2.29. The molecule has 0 aliphatic carbocycles. The first-order valence-corrected chi connectivity index (χ1v) is 6.86. The molecule has 1 amide bonds. The van der Waals surface area contributed by atoms with Crippen LogP contribution in [0.15, 0.2) is 24.3 Å². The van der Waals surface area contributed by atoms with Gasteiger partial charge in [-0.1, -0.05) is 29.8 Å². The van der Waals surface area contributed by atoms with Crippen LogP contribution in [0.4, 0.5) is 0 Å². The van der Waals surface area contributed by atoms with E-state index in [1.54, 1.807) is 24.3 Å². The summed E-state index contributed by atoms with van der Waals surface area (Å²) in [6, 6.07) is 5.40. The molecular weight excluding hydrogens is 282 g/mol. The van der Waals surface area contributed by atoms with Gasteiger partial charge in [0.1, 0.15) is 6.10 Å². The van der Waals surface area contributed by atoms with Crippen molar-refractivity contribution in [1.29, 1.82) is 0 Å². The Morgan fingerprint density at radius 1 is 1.35 bits per heavy atom. The Labute approximate surface area is 121 Å². The molecule has 6 heteroatoms. The summed E-state index contributed by atoms with van der Waals surface area (Å²) in [4.78, 5) is 23.4. The lowest BCUT2D eigenvalue weighted by Crippen LogP contribution is -2.42. The summed E-state index contributed by atoms with van der Waals surface area (Å²) in [5, 5.41) is 12.1. The van der Waals surface area contributed by atoms with Crippen LogP contribution in [-0.2, 0) is 14.3 Å². The van der Waals surface area contributed by atoms with Crippen molar-refractivity contribution in [3.8, 4) is 0 Å². The Kier molecular flexibility index (Phi) is 4.98. The lowest BCUT2D eigenvalue weighted by Gasteiger charge is -2.24. The van der Waals surface area contributed by atoms with Crippen LogP contribution >= 0.6 is 11.6 Å². The van der Waals surface area contributed by atoms with Crippen molar-refractivity contribution in [1.82, 2.24) is 5.32 Å². The van der Waals surface area contributed by atoms with E-state index in [1.807, 2.05) is 0 Å². The van der Waals surface area contributed by atoms with E-state index < -0.39 is 24.0 Å². The van der Waals surface area contributed by atoms with Crippen molar-refractivity contribution < 1.29 is 19.4 Å². The topological polar surface area (TPSA) is 75.6 Å². The first-order valence-electron chi connectivity index (χ1n) is 6.49. The third-order valence-electron chi connectivity index (χ3n) is 3.22. The molecule has 108 valence electrons. The zero-order valence-electron chi connectivity index (χ0n) is 10.8. The molecule has 1 unspecified atom stereocenters. The second kappa shape index (κ2) is 6.72. The van der Waals surface area contributed by atoms with Crippen LogP contribution in [-0.4, -0.2) is 29.7 Å². The van der Waals surface area contributed by atoms with Crippen molar-refractivity contribution in [3.05, 3.63) is 34.9 Å². The number of aliphatic carboxylic acids is 1. The quantitative estimate of drug-likeness (QED) is 0.893. The number of nitrogens with one attached hydrogen (secondary N) is 1. The van der Waals surface area contributed by atoms with Gasteiger partial charge in [0.2, 0.25) is 5.91 Å². The summed E-state index contributed by atoms with van der Waals surface area (Å²) in [5.74, 6) is -1.56.